The lowest BCUT2D eigenvalue weighted by Crippen LogP contribution is -2.26. The third kappa shape index (κ3) is 4.48. The Labute approximate surface area is 142 Å². The number of aromatic nitrogens is 6. The van der Waals surface area contributed by atoms with E-state index < -0.39 is 0 Å². The molecule has 0 amide bonds. The third-order valence-corrected chi connectivity index (χ3v) is 3.94. The molecular formula is C17H23N7. The Hall–Kier alpha value is -2.54. The van der Waals surface area contributed by atoms with Crippen molar-refractivity contribution in [2.75, 3.05) is 6.54 Å². The number of pyridine rings is 1. The number of nitrogens with zero attached hydrogens (tertiary/aromatic N) is 7. The first-order valence-electron chi connectivity index (χ1n) is 8.29. The van der Waals surface area contributed by atoms with Gasteiger partial charge in [0.25, 0.3) is 0 Å². The minimum Gasteiger partial charge on any atom is -0.337 e. The molecule has 0 fully saturated rings. The number of imidazole rings is 1. The molecule has 3 aromatic heterocycles. The Morgan fingerprint density at radius 3 is 2.88 bits per heavy atom. The predicted octanol–water partition coefficient (Wildman–Crippen LogP) is 1.98. The molecule has 0 saturated carbocycles. The van der Waals surface area contributed by atoms with Crippen molar-refractivity contribution in [3.05, 3.63) is 61.0 Å². The number of aryl methyl sites for hydroxylation is 2. The summed E-state index contributed by atoms with van der Waals surface area (Å²) in [5.74, 6) is 1.00. The average Bonchev–Trinajstić information content (AvgIpc) is 3.27. The lowest BCUT2D eigenvalue weighted by atomic mass is 10.2. The standard InChI is InChI=1S/C17H23N7/c1-2-24-17(20-14-21-24)13-23(12-16-5-3-6-18-11-16)9-4-8-22-10-7-19-15-22/h3,5-7,10-11,14-15H,2,4,8-9,12-13H2,1H3. The molecule has 0 spiro atoms. The van der Waals surface area contributed by atoms with Crippen LogP contribution in [0.3, 0.4) is 0 Å². The van der Waals surface area contributed by atoms with Crippen LogP contribution in [0.15, 0.2) is 49.6 Å². The van der Waals surface area contributed by atoms with Gasteiger partial charge >= 0.3 is 0 Å². The first-order valence-corrected chi connectivity index (χ1v) is 8.29. The Balaban J connectivity index is 1.63. The van der Waals surface area contributed by atoms with Gasteiger partial charge in [0.05, 0.1) is 12.9 Å². The molecule has 3 heterocycles. The van der Waals surface area contributed by atoms with Crippen LogP contribution in [0.5, 0.6) is 0 Å². The van der Waals surface area contributed by atoms with Crippen molar-refractivity contribution in [3.63, 3.8) is 0 Å². The highest BCUT2D eigenvalue weighted by molar-refractivity contribution is 5.08. The van der Waals surface area contributed by atoms with Gasteiger partial charge in [-0.15, -0.1) is 0 Å². The van der Waals surface area contributed by atoms with Crippen LogP contribution in [0.2, 0.25) is 0 Å². The number of hydrogen-bond donors (Lipinski definition) is 0. The highest BCUT2D eigenvalue weighted by atomic mass is 15.3. The summed E-state index contributed by atoms with van der Waals surface area (Å²) in [6.45, 7) is 6.50. The summed E-state index contributed by atoms with van der Waals surface area (Å²) >= 11 is 0. The minimum atomic E-state index is 0.784. The molecule has 3 rings (SSSR count). The molecule has 0 saturated heterocycles. The van der Waals surface area contributed by atoms with Crippen LogP contribution < -0.4 is 0 Å². The Bertz CT molecular complexity index is 706. The summed E-state index contributed by atoms with van der Waals surface area (Å²) in [4.78, 5) is 15.1. The van der Waals surface area contributed by atoms with E-state index in [4.69, 9.17) is 0 Å². The average molecular weight is 325 g/mol. The van der Waals surface area contributed by atoms with Gasteiger partial charge in [0.1, 0.15) is 12.2 Å². The van der Waals surface area contributed by atoms with Crippen LogP contribution in [0.1, 0.15) is 24.7 Å². The van der Waals surface area contributed by atoms with Gasteiger partial charge in [0, 0.05) is 51.0 Å². The summed E-state index contributed by atoms with van der Waals surface area (Å²) in [6, 6.07) is 4.09. The number of hydrogen-bond acceptors (Lipinski definition) is 5. The molecule has 7 heteroatoms. The van der Waals surface area contributed by atoms with Gasteiger partial charge in [0.15, 0.2) is 0 Å². The van der Waals surface area contributed by atoms with Crippen LogP contribution in [0.25, 0.3) is 0 Å². The third-order valence-electron chi connectivity index (χ3n) is 3.94. The highest BCUT2D eigenvalue weighted by Crippen LogP contribution is 2.09. The summed E-state index contributed by atoms with van der Waals surface area (Å²) < 4.78 is 4.06. The normalized spacial score (nSPS) is 11.2. The maximum atomic E-state index is 4.41. The van der Waals surface area contributed by atoms with E-state index in [9.17, 15) is 0 Å². The molecule has 0 bridgehead atoms. The molecule has 0 aliphatic heterocycles. The summed E-state index contributed by atoms with van der Waals surface area (Å²) in [6.07, 6.45) is 12.1. The van der Waals surface area contributed by atoms with Gasteiger partial charge in [-0.2, -0.15) is 5.10 Å². The second-order valence-corrected chi connectivity index (χ2v) is 5.72. The topological polar surface area (TPSA) is 64.7 Å². The van der Waals surface area contributed by atoms with E-state index in [0.29, 0.717) is 0 Å². The fraction of sp³-hybridized carbons (Fsp3) is 0.412. The van der Waals surface area contributed by atoms with Gasteiger partial charge in [-0.05, 0) is 25.0 Å². The number of rotatable bonds is 9. The van der Waals surface area contributed by atoms with Gasteiger partial charge in [-0.1, -0.05) is 6.07 Å². The highest BCUT2D eigenvalue weighted by Gasteiger charge is 2.11. The van der Waals surface area contributed by atoms with Gasteiger partial charge in [-0.3, -0.25) is 9.88 Å². The maximum Gasteiger partial charge on any atom is 0.141 e. The SMILES string of the molecule is CCn1ncnc1CN(CCCn1ccnc1)Cc1cccnc1. The molecule has 0 aliphatic carbocycles. The van der Waals surface area contributed by atoms with E-state index in [1.165, 1.54) is 5.56 Å². The fourth-order valence-corrected chi connectivity index (χ4v) is 2.73. The Morgan fingerprint density at radius 1 is 1.17 bits per heavy atom. The zero-order valence-corrected chi connectivity index (χ0v) is 14.0. The Morgan fingerprint density at radius 2 is 2.12 bits per heavy atom. The second kappa shape index (κ2) is 8.35. The van der Waals surface area contributed by atoms with E-state index in [-0.39, 0.29) is 0 Å². The van der Waals surface area contributed by atoms with Crippen molar-refractivity contribution in [3.8, 4) is 0 Å². The first kappa shape index (κ1) is 16.3. The monoisotopic (exact) mass is 325 g/mol. The van der Waals surface area contributed by atoms with E-state index >= 15 is 0 Å². The molecule has 0 radical (unpaired) electrons. The first-order chi connectivity index (χ1) is 11.8. The van der Waals surface area contributed by atoms with Gasteiger partial charge in [-0.25, -0.2) is 14.6 Å². The van der Waals surface area contributed by atoms with E-state index in [2.05, 4.69) is 42.5 Å². The van der Waals surface area contributed by atoms with Gasteiger partial charge in [0.2, 0.25) is 0 Å². The molecule has 0 aliphatic rings. The molecular weight excluding hydrogens is 302 g/mol. The molecule has 0 unspecified atom stereocenters. The van der Waals surface area contributed by atoms with Crippen molar-refractivity contribution >= 4 is 0 Å². The molecule has 3 aromatic rings. The molecule has 126 valence electrons. The van der Waals surface area contributed by atoms with Crippen LogP contribution in [0.4, 0.5) is 0 Å². The fourth-order valence-electron chi connectivity index (χ4n) is 2.73. The second-order valence-electron chi connectivity index (χ2n) is 5.72. The van der Waals surface area contributed by atoms with Gasteiger partial charge < -0.3 is 4.57 Å². The van der Waals surface area contributed by atoms with E-state index in [1.807, 2.05) is 35.7 Å². The van der Waals surface area contributed by atoms with Crippen molar-refractivity contribution in [2.24, 2.45) is 0 Å². The summed E-state index contributed by atoms with van der Waals surface area (Å²) in [5.41, 5.74) is 1.21. The maximum absolute atomic E-state index is 4.41. The Kier molecular flexibility index (Phi) is 5.68. The van der Waals surface area contributed by atoms with Crippen molar-refractivity contribution in [2.45, 2.75) is 39.5 Å². The van der Waals surface area contributed by atoms with Crippen molar-refractivity contribution in [1.82, 2.24) is 34.2 Å². The van der Waals surface area contributed by atoms with E-state index in [0.717, 1.165) is 45.0 Å². The van der Waals surface area contributed by atoms with Crippen LogP contribution in [-0.2, 0) is 26.2 Å². The summed E-state index contributed by atoms with van der Waals surface area (Å²) in [7, 11) is 0. The predicted molar refractivity (Wildman–Crippen MR) is 90.9 cm³/mol. The lowest BCUT2D eigenvalue weighted by molar-refractivity contribution is 0.237. The molecule has 0 aromatic carbocycles. The van der Waals surface area contributed by atoms with E-state index in [1.54, 1.807) is 12.5 Å². The smallest absolute Gasteiger partial charge is 0.141 e. The minimum absolute atomic E-state index is 0.784. The zero-order valence-electron chi connectivity index (χ0n) is 14.0. The van der Waals surface area contributed by atoms with Crippen LogP contribution in [0, 0.1) is 0 Å². The quantitative estimate of drug-likeness (QED) is 0.602. The van der Waals surface area contributed by atoms with Crippen molar-refractivity contribution in [1.29, 1.82) is 0 Å². The zero-order chi connectivity index (χ0) is 16.6. The molecule has 0 atom stereocenters. The summed E-state index contributed by atoms with van der Waals surface area (Å²) in [5, 5.41) is 4.27. The molecule has 0 N–H and O–H groups in total. The molecule has 24 heavy (non-hydrogen) atoms. The van der Waals surface area contributed by atoms with Crippen LogP contribution >= 0.6 is 0 Å². The lowest BCUT2D eigenvalue weighted by Gasteiger charge is -2.22. The van der Waals surface area contributed by atoms with Crippen LogP contribution in [-0.4, -0.2) is 40.7 Å². The molecule has 7 nitrogen and oxygen atoms in total. The van der Waals surface area contributed by atoms with Crippen molar-refractivity contribution < 1.29 is 0 Å². The largest absolute Gasteiger partial charge is 0.337 e.